The van der Waals surface area contributed by atoms with Crippen molar-refractivity contribution in [2.45, 2.75) is 70.6 Å². The summed E-state index contributed by atoms with van der Waals surface area (Å²) >= 11 is 0. The topological polar surface area (TPSA) is 54.4 Å². The van der Waals surface area contributed by atoms with Gasteiger partial charge in [-0.25, -0.2) is 0 Å². The Balaban J connectivity index is 1.96. The van der Waals surface area contributed by atoms with Crippen molar-refractivity contribution < 1.29 is 14.7 Å². The number of unbranched alkanes of at least 4 members (excludes halogenated alkanes) is 1. The Morgan fingerprint density at radius 2 is 1.88 bits per heavy atom. The number of rotatable bonds is 7. The number of carboxylic acids is 1. The molecule has 0 aliphatic heterocycles. The molecule has 2 rings (SSSR count). The highest BCUT2D eigenvalue weighted by molar-refractivity contribution is 5.84. The molecule has 3 heteroatoms. The van der Waals surface area contributed by atoms with E-state index < -0.39 is 5.97 Å². The third kappa shape index (κ3) is 5.55. The van der Waals surface area contributed by atoms with Crippen molar-refractivity contribution >= 4 is 11.8 Å². The molecule has 2 atom stereocenters. The Morgan fingerprint density at radius 3 is 2.48 bits per heavy atom. The van der Waals surface area contributed by atoms with Gasteiger partial charge in [0.25, 0.3) is 0 Å². The molecule has 25 heavy (non-hydrogen) atoms. The molecule has 1 aliphatic carbocycles. The third-order valence-electron chi connectivity index (χ3n) is 5.12. The Hall–Kier alpha value is -1.90. The van der Waals surface area contributed by atoms with Crippen LogP contribution in [0.2, 0.25) is 0 Å². The monoisotopic (exact) mass is 342 g/mol. The van der Waals surface area contributed by atoms with Crippen LogP contribution >= 0.6 is 0 Å². The minimum atomic E-state index is -0.752. The lowest BCUT2D eigenvalue weighted by atomic mass is 9.82. The first-order valence-electron chi connectivity index (χ1n) is 9.29. The van der Waals surface area contributed by atoms with E-state index in [1.54, 1.807) is 0 Å². The van der Waals surface area contributed by atoms with Gasteiger partial charge in [0, 0.05) is 18.8 Å². The molecule has 3 nitrogen and oxygen atoms in total. The van der Waals surface area contributed by atoms with E-state index in [1.807, 2.05) is 6.08 Å². The lowest BCUT2D eigenvalue weighted by Crippen LogP contribution is -2.14. The molecule has 0 bridgehead atoms. The van der Waals surface area contributed by atoms with Crippen LogP contribution in [0.25, 0.3) is 0 Å². The summed E-state index contributed by atoms with van der Waals surface area (Å²) in [7, 11) is 0. The molecule has 0 saturated heterocycles. The molecule has 1 aliphatic rings. The van der Waals surface area contributed by atoms with E-state index in [-0.39, 0.29) is 17.8 Å². The average Bonchev–Trinajstić information content (AvgIpc) is 2.91. The highest BCUT2D eigenvalue weighted by Crippen LogP contribution is 2.40. The summed E-state index contributed by atoms with van der Waals surface area (Å²) < 4.78 is 0. The van der Waals surface area contributed by atoms with Crippen LogP contribution in [0.4, 0.5) is 0 Å². The van der Waals surface area contributed by atoms with Crippen LogP contribution in [0.1, 0.15) is 76.3 Å². The molecule has 0 unspecified atom stereocenters. The quantitative estimate of drug-likeness (QED) is 0.544. The van der Waals surface area contributed by atoms with E-state index >= 15 is 0 Å². The molecule has 136 valence electrons. The van der Waals surface area contributed by atoms with Gasteiger partial charge in [0.05, 0.1) is 0 Å². The zero-order chi connectivity index (χ0) is 18.4. The zero-order valence-corrected chi connectivity index (χ0v) is 15.6. The van der Waals surface area contributed by atoms with E-state index in [4.69, 9.17) is 5.11 Å². The van der Waals surface area contributed by atoms with Gasteiger partial charge in [-0.2, -0.15) is 0 Å². The van der Waals surface area contributed by atoms with Crippen molar-refractivity contribution in [3.05, 3.63) is 47.5 Å². The van der Waals surface area contributed by atoms with Gasteiger partial charge < -0.3 is 5.11 Å². The lowest BCUT2D eigenvalue weighted by Gasteiger charge is -2.22. The summed E-state index contributed by atoms with van der Waals surface area (Å²) in [6, 6.07) is 8.76. The van der Waals surface area contributed by atoms with E-state index in [0.717, 1.165) is 19.3 Å². The van der Waals surface area contributed by atoms with E-state index in [2.05, 4.69) is 51.1 Å². The van der Waals surface area contributed by atoms with Gasteiger partial charge in [0.2, 0.25) is 0 Å². The number of carboxylic acid groups (broad SMARTS) is 1. The molecule has 1 aromatic rings. The summed E-state index contributed by atoms with van der Waals surface area (Å²) in [5, 5.41) is 8.64. The van der Waals surface area contributed by atoms with Crippen LogP contribution in [0.3, 0.4) is 0 Å². The van der Waals surface area contributed by atoms with Crippen LogP contribution in [0.15, 0.2) is 36.4 Å². The number of carbonyl (C=O) groups excluding carboxylic acids is 1. The van der Waals surface area contributed by atoms with Crippen molar-refractivity contribution in [3.63, 3.8) is 0 Å². The highest BCUT2D eigenvalue weighted by atomic mass is 16.4. The fourth-order valence-corrected chi connectivity index (χ4v) is 3.57. The van der Waals surface area contributed by atoms with Gasteiger partial charge in [0.1, 0.15) is 5.78 Å². The maximum Gasteiger partial charge on any atom is 0.303 e. The minimum absolute atomic E-state index is 0.0659. The van der Waals surface area contributed by atoms with Crippen LogP contribution in [0.5, 0.6) is 0 Å². The standard InChI is InChI=1S/C22H30O3/c1-22(2,3)17-12-10-16(11-13-17)18-14-15-20(23)19(18)8-6-4-5-7-9-21(24)25/h4,6,10-13,18-19H,5,7-9,14-15H2,1-3H3,(H,24,25)/t18-,19-/m1/s1. The third-order valence-corrected chi connectivity index (χ3v) is 5.12. The van der Waals surface area contributed by atoms with E-state index in [9.17, 15) is 9.59 Å². The first-order chi connectivity index (χ1) is 11.8. The molecule has 0 amide bonds. The van der Waals surface area contributed by atoms with Crippen LogP contribution in [-0.2, 0) is 15.0 Å². The molecular weight excluding hydrogens is 312 g/mol. The maximum absolute atomic E-state index is 12.3. The van der Waals surface area contributed by atoms with Crippen molar-refractivity contribution in [3.8, 4) is 0 Å². The Kier molecular flexibility index (Phi) is 6.57. The molecule has 1 N–H and O–H groups in total. The Labute approximate surface area is 151 Å². The second-order valence-corrected chi connectivity index (χ2v) is 8.08. The first-order valence-corrected chi connectivity index (χ1v) is 9.29. The normalized spacial score (nSPS) is 21.2. The molecule has 1 saturated carbocycles. The fraction of sp³-hybridized carbons (Fsp3) is 0.545. The number of Topliss-reactive ketones (excluding diaryl/α,β-unsaturated/α-hetero) is 1. The summed E-state index contributed by atoms with van der Waals surface area (Å²) in [5.41, 5.74) is 2.72. The van der Waals surface area contributed by atoms with Gasteiger partial charge in [-0.1, -0.05) is 57.2 Å². The van der Waals surface area contributed by atoms with Gasteiger partial charge in [-0.15, -0.1) is 0 Å². The lowest BCUT2D eigenvalue weighted by molar-refractivity contribution is -0.137. The Bertz CT molecular complexity index is 620. The number of hydrogen-bond donors (Lipinski definition) is 1. The molecular formula is C22H30O3. The molecule has 0 aromatic heterocycles. The van der Waals surface area contributed by atoms with Crippen molar-refractivity contribution in [2.75, 3.05) is 0 Å². The van der Waals surface area contributed by atoms with Crippen LogP contribution < -0.4 is 0 Å². The van der Waals surface area contributed by atoms with Gasteiger partial charge in [-0.3, -0.25) is 9.59 Å². The Morgan fingerprint density at radius 1 is 1.20 bits per heavy atom. The molecule has 0 spiro atoms. The van der Waals surface area contributed by atoms with Crippen molar-refractivity contribution in [1.29, 1.82) is 0 Å². The average molecular weight is 342 g/mol. The second kappa shape index (κ2) is 8.46. The van der Waals surface area contributed by atoms with E-state index in [1.165, 1.54) is 11.1 Å². The first kappa shape index (κ1) is 19.4. The summed E-state index contributed by atoms with van der Waals surface area (Å²) in [4.78, 5) is 22.8. The highest BCUT2D eigenvalue weighted by Gasteiger charge is 2.34. The number of aliphatic carboxylic acids is 1. The largest absolute Gasteiger partial charge is 0.481 e. The van der Waals surface area contributed by atoms with Gasteiger partial charge >= 0.3 is 5.97 Å². The SMILES string of the molecule is CC(C)(C)c1ccc([C@H]2CCC(=O)[C@@H]2CC=CCCCC(=O)O)cc1. The van der Waals surface area contributed by atoms with Crippen LogP contribution in [0, 0.1) is 5.92 Å². The zero-order valence-electron chi connectivity index (χ0n) is 15.6. The predicted octanol–water partition coefficient (Wildman–Crippen LogP) is 5.25. The molecule has 1 aromatic carbocycles. The fourth-order valence-electron chi connectivity index (χ4n) is 3.57. The summed E-state index contributed by atoms with van der Waals surface area (Å²) in [6.45, 7) is 6.62. The number of allylic oxidation sites excluding steroid dienone is 2. The van der Waals surface area contributed by atoms with Crippen molar-refractivity contribution in [1.82, 2.24) is 0 Å². The van der Waals surface area contributed by atoms with Gasteiger partial charge in [0.15, 0.2) is 0 Å². The molecule has 0 radical (unpaired) electrons. The molecule has 1 fully saturated rings. The molecule has 0 heterocycles. The van der Waals surface area contributed by atoms with Crippen LogP contribution in [-0.4, -0.2) is 16.9 Å². The second-order valence-electron chi connectivity index (χ2n) is 8.08. The number of ketones is 1. The smallest absolute Gasteiger partial charge is 0.303 e. The van der Waals surface area contributed by atoms with E-state index in [0.29, 0.717) is 24.5 Å². The van der Waals surface area contributed by atoms with Gasteiger partial charge in [-0.05, 0) is 48.1 Å². The number of benzene rings is 1. The summed E-state index contributed by atoms with van der Waals surface area (Å²) in [6.07, 6.45) is 8.07. The number of carbonyl (C=O) groups is 2. The predicted molar refractivity (Wildman–Crippen MR) is 101 cm³/mol. The minimum Gasteiger partial charge on any atom is -0.481 e. The summed E-state index contributed by atoms with van der Waals surface area (Å²) in [5.74, 6) is -0.0142. The number of hydrogen-bond acceptors (Lipinski definition) is 2. The van der Waals surface area contributed by atoms with Crippen molar-refractivity contribution in [2.24, 2.45) is 5.92 Å². The maximum atomic E-state index is 12.3.